The molecule has 0 bridgehead atoms. The van der Waals surface area contributed by atoms with Crippen LogP contribution in [-0.2, 0) is 0 Å². The van der Waals surface area contributed by atoms with E-state index >= 15 is 0 Å². The molecule has 0 saturated heterocycles. The molecule has 0 N–H and O–H groups in total. The fourth-order valence-electron chi connectivity index (χ4n) is 0.441. The van der Waals surface area contributed by atoms with E-state index in [2.05, 4.69) is 12.5 Å². The van der Waals surface area contributed by atoms with Gasteiger partial charge >= 0.3 is 0 Å². The van der Waals surface area contributed by atoms with Gasteiger partial charge in [-0.25, -0.2) is 0 Å². The SMILES string of the molecule is C#CCN(C)CC=C. The summed E-state index contributed by atoms with van der Waals surface area (Å²) in [4.78, 5) is 2.01. The van der Waals surface area contributed by atoms with Gasteiger partial charge in [-0.3, -0.25) is 4.90 Å². The van der Waals surface area contributed by atoms with Gasteiger partial charge in [0.1, 0.15) is 0 Å². The lowest BCUT2D eigenvalue weighted by atomic mass is 10.5. The molecule has 0 heterocycles. The Balaban J connectivity index is 3.20. The Kier molecular flexibility index (Phi) is 4.01. The van der Waals surface area contributed by atoms with E-state index in [-0.39, 0.29) is 0 Å². The fraction of sp³-hybridized carbons (Fsp3) is 0.429. The molecule has 0 aromatic rings. The number of hydrogen-bond acceptors (Lipinski definition) is 1. The third kappa shape index (κ3) is 3.45. The van der Waals surface area contributed by atoms with Crippen LogP contribution in [0.4, 0.5) is 0 Å². The Morgan fingerprint density at radius 2 is 2.50 bits per heavy atom. The summed E-state index contributed by atoms with van der Waals surface area (Å²) in [6.07, 6.45) is 6.86. The molecule has 0 aliphatic rings. The van der Waals surface area contributed by atoms with Gasteiger partial charge in [0.05, 0.1) is 6.54 Å². The maximum atomic E-state index is 5.03. The van der Waals surface area contributed by atoms with Crippen molar-refractivity contribution in [1.29, 1.82) is 0 Å². The van der Waals surface area contributed by atoms with E-state index in [1.54, 1.807) is 0 Å². The molecule has 0 aliphatic heterocycles. The quantitative estimate of drug-likeness (QED) is 0.381. The summed E-state index contributed by atoms with van der Waals surface area (Å²) in [7, 11) is 1.96. The molecular formula is C7H11N. The molecule has 0 rings (SSSR count). The van der Waals surface area contributed by atoms with Gasteiger partial charge in [-0.15, -0.1) is 13.0 Å². The molecular weight excluding hydrogens is 98.1 g/mol. The first-order valence-electron chi connectivity index (χ1n) is 2.54. The van der Waals surface area contributed by atoms with Crippen molar-refractivity contribution in [2.45, 2.75) is 0 Å². The first-order valence-corrected chi connectivity index (χ1v) is 2.54. The predicted octanol–water partition coefficient (Wildman–Crippen LogP) is 0.737. The largest absolute Gasteiger partial charge is 0.292 e. The summed E-state index contributed by atoms with van der Waals surface area (Å²) < 4.78 is 0. The van der Waals surface area contributed by atoms with Gasteiger partial charge in [-0.1, -0.05) is 12.0 Å². The van der Waals surface area contributed by atoms with Gasteiger partial charge in [0, 0.05) is 6.54 Å². The third-order valence-electron chi connectivity index (χ3n) is 0.802. The normalized spacial score (nSPS) is 8.62. The molecule has 0 saturated carbocycles. The van der Waals surface area contributed by atoms with E-state index in [1.165, 1.54) is 0 Å². The van der Waals surface area contributed by atoms with Crippen LogP contribution in [0, 0.1) is 12.3 Å². The molecule has 0 aliphatic carbocycles. The molecule has 0 amide bonds. The molecule has 0 unspecified atom stereocenters. The van der Waals surface area contributed by atoms with Crippen LogP contribution in [0.15, 0.2) is 12.7 Å². The highest BCUT2D eigenvalue weighted by atomic mass is 15.1. The van der Waals surface area contributed by atoms with E-state index in [4.69, 9.17) is 6.42 Å². The van der Waals surface area contributed by atoms with E-state index in [0.29, 0.717) is 6.54 Å². The van der Waals surface area contributed by atoms with Crippen LogP contribution < -0.4 is 0 Å². The summed E-state index contributed by atoms with van der Waals surface area (Å²) in [5.74, 6) is 2.53. The Labute approximate surface area is 51.0 Å². The first kappa shape index (κ1) is 7.26. The molecule has 44 valence electrons. The second-order valence-corrected chi connectivity index (χ2v) is 1.69. The van der Waals surface area contributed by atoms with Crippen molar-refractivity contribution in [1.82, 2.24) is 4.90 Å². The molecule has 8 heavy (non-hydrogen) atoms. The Bertz CT molecular complexity index is 99.4. The maximum Gasteiger partial charge on any atom is 0.0599 e. The summed E-state index contributed by atoms with van der Waals surface area (Å²) in [5.41, 5.74) is 0. The number of nitrogens with zero attached hydrogens (tertiary/aromatic N) is 1. The highest BCUT2D eigenvalue weighted by Gasteiger charge is 1.86. The zero-order valence-corrected chi connectivity index (χ0v) is 5.22. The van der Waals surface area contributed by atoms with Crippen LogP contribution in [0.2, 0.25) is 0 Å². The lowest BCUT2D eigenvalue weighted by Gasteiger charge is -2.07. The van der Waals surface area contributed by atoms with Crippen molar-refractivity contribution >= 4 is 0 Å². The Morgan fingerprint density at radius 3 is 2.88 bits per heavy atom. The molecule has 0 atom stereocenters. The van der Waals surface area contributed by atoms with Crippen LogP contribution in [0.25, 0.3) is 0 Å². The van der Waals surface area contributed by atoms with E-state index in [0.717, 1.165) is 6.54 Å². The van der Waals surface area contributed by atoms with E-state index in [9.17, 15) is 0 Å². The summed E-state index contributed by atoms with van der Waals surface area (Å²) in [6, 6.07) is 0. The van der Waals surface area contributed by atoms with Gasteiger partial charge in [0.15, 0.2) is 0 Å². The lowest BCUT2D eigenvalue weighted by molar-refractivity contribution is 0.419. The Morgan fingerprint density at radius 1 is 1.88 bits per heavy atom. The van der Waals surface area contributed by atoms with Crippen molar-refractivity contribution in [3.05, 3.63) is 12.7 Å². The number of hydrogen-bond donors (Lipinski definition) is 0. The van der Waals surface area contributed by atoms with Crippen LogP contribution >= 0.6 is 0 Å². The van der Waals surface area contributed by atoms with Crippen LogP contribution in [0.1, 0.15) is 0 Å². The zero-order chi connectivity index (χ0) is 6.41. The molecule has 0 aromatic heterocycles. The van der Waals surface area contributed by atoms with Crippen LogP contribution in [0.5, 0.6) is 0 Å². The number of rotatable bonds is 3. The van der Waals surface area contributed by atoms with E-state index < -0.39 is 0 Å². The molecule has 0 radical (unpaired) electrons. The average Bonchev–Trinajstić information content (AvgIpc) is 1.68. The van der Waals surface area contributed by atoms with Crippen LogP contribution in [0.3, 0.4) is 0 Å². The highest BCUT2D eigenvalue weighted by Crippen LogP contribution is 1.77. The standard InChI is InChI=1S/C7H11N/c1-4-6-8(3)7-5-2/h1,5H,2,6-7H2,3H3. The van der Waals surface area contributed by atoms with Gasteiger partial charge < -0.3 is 0 Å². The van der Waals surface area contributed by atoms with E-state index in [1.807, 2.05) is 18.0 Å². The van der Waals surface area contributed by atoms with Crippen molar-refractivity contribution < 1.29 is 0 Å². The smallest absolute Gasteiger partial charge is 0.0599 e. The maximum absolute atomic E-state index is 5.03. The highest BCUT2D eigenvalue weighted by molar-refractivity contribution is 4.88. The molecule has 0 aromatic carbocycles. The van der Waals surface area contributed by atoms with Gasteiger partial charge in [-0.05, 0) is 7.05 Å². The number of terminal acetylenes is 1. The molecule has 1 heteroatoms. The summed E-state index contributed by atoms with van der Waals surface area (Å²) in [5, 5.41) is 0. The minimum Gasteiger partial charge on any atom is -0.292 e. The zero-order valence-electron chi connectivity index (χ0n) is 5.22. The first-order chi connectivity index (χ1) is 3.81. The predicted molar refractivity (Wildman–Crippen MR) is 36.5 cm³/mol. The summed E-state index contributed by atoms with van der Waals surface area (Å²) >= 11 is 0. The van der Waals surface area contributed by atoms with Gasteiger partial charge in [-0.2, -0.15) is 0 Å². The molecule has 1 nitrogen and oxygen atoms in total. The fourth-order valence-corrected chi connectivity index (χ4v) is 0.441. The molecule has 0 spiro atoms. The summed E-state index contributed by atoms with van der Waals surface area (Å²) in [6.45, 7) is 5.14. The average molecular weight is 109 g/mol. The minimum absolute atomic E-state index is 0.700. The van der Waals surface area contributed by atoms with Crippen molar-refractivity contribution in [2.75, 3.05) is 20.1 Å². The molecule has 0 fully saturated rings. The van der Waals surface area contributed by atoms with Gasteiger partial charge in [0.25, 0.3) is 0 Å². The second kappa shape index (κ2) is 4.42. The van der Waals surface area contributed by atoms with Crippen molar-refractivity contribution in [2.24, 2.45) is 0 Å². The Hall–Kier alpha value is -0.740. The minimum atomic E-state index is 0.700. The topological polar surface area (TPSA) is 3.24 Å². The monoisotopic (exact) mass is 109 g/mol. The third-order valence-corrected chi connectivity index (χ3v) is 0.802. The number of likely N-dealkylation sites (N-methyl/N-ethyl adjacent to an activating group) is 1. The van der Waals surface area contributed by atoms with Crippen molar-refractivity contribution in [3.63, 3.8) is 0 Å². The van der Waals surface area contributed by atoms with Gasteiger partial charge in [0.2, 0.25) is 0 Å². The lowest BCUT2D eigenvalue weighted by Crippen LogP contribution is -2.17. The second-order valence-electron chi connectivity index (χ2n) is 1.69. The van der Waals surface area contributed by atoms with Crippen molar-refractivity contribution in [3.8, 4) is 12.3 Å². The van der Waals surface area contributed by atoms with Crippen LogP contribution in [-0.4, -0.2) is 25.0 Å².